The third-order valence-corrected chi connectivity index (χ3v) is 5.68. The molecule has 0 aliphatic rings. The Hall–Kier alpha value is -4.72. The molecule has 0 aliphatic heterocycles. The topological polar surface area (TPSA) is 95.1 Å². The molecular formula is C28H25N5O3. The van der Waals surface area contributed by atoms with Crippen molar-refractivity contribution in [1.29, 1.82) is 0 Å². The first-order valence-corrected chi connectivity index (χ1v) is 11.6. The van der Waals surface area contributed by atoms with Crippen LogP contribution >= 0.6 is 0 Å². The van der Waals surface area contributed by atoms with Crippen LogP contribution in [-0.2, 0) is 19.7 Å². The molecule has 5 rings (SSSR count). The summed E-state index contributed by atoms with van der Waals surface area (Å²) in [6.45, 7) is 3.07. The summed E-state index contributed by atoms with van der Waals surface area (Å²) in [5, 5.41) is 11.1. The number of nitrogens with one attached hydrogen (secondary N) is 1. The Kier molecular flexibility index (Phi) is 6.84. The van der Waals surface area contributed by atoms with Gasteiger partial charge in [0.2, 0.25) is 11.7 Å². The summed E-state index contributed by atoms with van der Waals surface area (Å²) in [5.41, 5.74) is 4.96. The van der Waals surface area contributed by atoms with E-state index in [4.69, 9.17) is 9.26 Å². The Labute approximate surface area is 208 Å². The fourth-order valence-electron chi connectivity index (χ4n) is 3.85. The van der Waals surface area contributed by atoms with Gasteiger partial charge in [0.15, 0.2) is 6.61 Å². The molecule has 0 saturated carbocycles. The number of hydrogen-bond donors (Lipinski definition) is 1. The van der Waals surface area contributed by atoms with Crippen LogP contribution in [0, 0.1) is 6.92 Å². The average Bonchev–Trinajstić information content (AvgIpc) is 3.58. The Bertz CT molecular complexity index is 1430. The number of nitrogens with zero attached hydrogens (tertiary/aromatic N) is 4. The third-order valence-electron chi connectivity index (χ3n) is 5.68. The van der Waals surface area contributed by atoms with Crippen molar-refractivity contribution in [3.63, 3.8) is 0 Å². The van der Waals surface area contributed by atoms with E-state index in [9.17, 15) is 4.79 Å². The molecule has 8 nitrogen and oxygen atoms in total. The van der Waals surface area contributed by atoms with Crippen LogP contribution < -0.4 is 10.1 Å². The molecule has 0 bridgehead atoms. The second kappa shape index (κ2) is 10.7. The van der Waals surface area contributed by atoms with Gasteiger partial charge in [0.1, 0.15) is 5.75 Å². The van der Waals surface area contributed by atoms with E-state index in [-0.39, 0.29) is 12.5 Å². The smallest absolute Gasteiger partial charge is 0.251 e. The van der Waals surface area contributed by atoms with Crippen molar-refractivity contribution in [3.8, 4) is 16.9 Å². The molecule has 0 atom stereocenters. The van der Waals surface area contributed by atoms with Gasteiger partial charge in [0.25, 0.3) is 5.91 Å². The fraction of sp³-hybridized carbons (Fsp3) is 0.143. The first-order valence-electron chi connectivity index (χ1n) is 11.6. The number of benzene rings is 3. The van der Waals surface area contributed by atoms with E-state index in [0.717, 1.165) is 23.2 Å². The number of hydrogen-bond acceptors (Lipinski definition) is 6. The number of carbonyl (C=O) groups is 1. The van der Waals surface area contributed by atoms with E-state index < -0.39 is 0 Å². The Morgan fingerprint density at radius 3 is 2.53 bits per heavy atom. The largest absolute Gasteiger partial charge is 0.485 e. The van der Waals surface area contributed by atoms with Crippen LogP contribution in [-0.4, -0.2) is 25.8 Å². The summed E-state index contributed by atoms with van der Waals surface area (Å²) in [7, 11) is 0. The van der Waals surface area contributed by atoms with Gasteiger partial charge in [0.05, 0.1) is 6.54 Å². The Balaban J connectivity index is 1.19. The molecular weight excluding hydrogens is 454 g/mol. The van der Waals surface area contributed by atoms with Crippen molar-refractivity contribution < 1.29 is 14.1 Å². The van der Waals surface area contributed by atoms with Crippen LogP contribution in [0.1, 0.15) is 33.2 Å². The SMILES string of the molecule is Cc1nc(COc2ccc(C(=O)NCc3ccccc3-c3ccc(Cn4cccn4)cc3)cc2)no1. The Morgan fingerprint density at radius 2 is 1.81 bits per heavy atom. The van der Waals surface area contributed by atoms with Gasteiger partial charge in [-0.05, 0) is 52.6 Å². The van der Waals surface area contributed by atoms with Crippen LogP contribution in [0.2, 0.25) is 0 Å². The third kappa shape index (κ3) is 5.67. The zero-order chi connectivity index (χ0) is 24.7. The van der Waals surface area contributed by atoms with Crippen molar-refractivity contribution in [2.24, 2.45) is 0 Å². The normalized spacial score (nSPS) is 10.8. The number of carbonyl (C=O) groups excluding carboxylic acids is 1. The molecule has 36 heavy (non-hydrogen) atoms. The molecule has 3 aromatic carbocycles. The maximum Gasteiger partial charge on any atom is 0.251 e. The van der Waals surface area contributed by atoms with E-state index in [1.165, 1.54) is 5.56 Å². The maximum absolute atomic E-state index is 12.8. The van der Waals surface area contributed by atoms with E-state index in [0.29, 0.717) is 29.6 Å². The van der Waals surface area contributed by atoms with Gasteiger partial charge in [-0.15, -0.1) is 0 Å². The van der Waals surface area contributed by atoms with Crippen molar-refractivity contribution in [2.75, 3.05) is 0 Å². The molecule has 0 fully saturated rings. The minimum absolute atomic E-state index is 0.153. The lowest BCUT2D eigenvalue weighted by atomic mass is 9.98. The van der Waals surface area contributed by atoms with Crippen molar-refractivity contribution in [2.45, 2.75) is 26.6 Å². The summed E-state index contributed by atoms with van der Waals surface area (Å²) >= 11 is 0. The molecule has 0 unspecified atom stereocenters. The van der Waals surface area contributed by atoms with E-state index in [1.807, 2.05) is 35.1 Å². The maximum atomic E-state index is 12.8. The highest BCUT2D eigenvalue weighted by Crippen LogP contribution is 2.24. The zero-order valence-corrected chi connectivity index (χ0v) is 19.8. The molecule has 1 N–H and O–H groups in total. The lowest BCUT2D eigenvalue weighted by molar-refractivity contribution is 0.0951. The summed E-state index contributed by atoms with van der Waals surface area (Å²) < 4.78 is 12.5. The minimum atomic E-state index is -0.153. The zero-order valence-electron chi connectivity index (χ0n) is 19.8. The molecule has 2 aromatic heterocycles. The number of amides is 1. The fourth-order valence-corrected chi connectivity index (χ4v) is 3.85. The van der Waals surface area contributed by atoms with Gasteiger partial charge in [-0.1, -0.05) is 53.7 Å². The van der Waals surface area contributed by atoms with Gasteiger partial charge in [0, 0.05) is 31.4 Å². The molecule has 5 aromatic rings. The average molecular weight is 480 g/mol. The summed E-state index contributed by atoms with van der Waals surface area (Å²) in [4.78, 5) is 16.9. The molecule has 180 valence electrons. The summed E-state index contributed by atoms with van der Waals surface area (Å²) in [6, 6.07) is 25.4. The van der Waals surface area contributed by atoms with E-state index in [1.54, 1.807) is 37.4 Å². The van der Waals surface area contributed by atoms with Crippen LogP contribution in [0.15, 0.2) is 95.8 Å². The molecule has 0 spiro atoms. The Morgan fingerprint density at radius 1 is 1.00 bits per heavy atom. The lowest BCUT2D eigenvalue weighted by Crippen LogP contribution is -2.23. The predicted octanol–water partition coefficient (Wildman–Crippen LogP) is 4.80. The van der Waals surface area contributed by atoms with Gasteiger partial charge in [-0.3, -0.25) is 9.48 Å². The van der Waals surface area contributed by atoms with E-state index in [2.05, 4.69) is 50.9 Å². The van der Waals surface area contributed by atoms with Gasteiger partial charge < -0.3 is 14.6 Å². The molecule has 0 saturated heterocycles. The summed E-state index contributed by atoms with van der Waals surface area (Å²) in [5.74, 6) is 1.43. The molecule has 8 heteroatoms. The van der Waals surface area contributed by atoms with Crippen LogP contribution in [0.3, 0.4) is 0 Å². The van der Waals surface area contributed by atoms with Crippen molar-refractivity contribution >= 4 is 5.91 Å². The number of rotatable bonds is 9. The quantitative estimate of drug-likeness (QED) is 0.326. The number of aromatic nitrogens is 4. The highest BCUT2D eigenvalue weighted by Gasteiger charge is 2.10. The minimum Gasteiger partial charge on any atom is -0.485 e. The highest BCUT2D eigenvalue weighted by atomic mass is 16.5. The van der Waals surface area contributed by atoms with Gasteiger partial charge in [-0.2, -0.15) is 10.1 Å². The van der Waals surface area contributed by atoms with Crippen molar-refractivity contribution in [3.05, 3.63) is 120 Å². The second-order valence-corrected chi connectivity index (χ2v) is 8.28. The molecule has 0 aliphatic carbocycles. The molecule has 1 amide bonds. The number of aryl methyl sites for hydroxylation is 1. The number of ether oxygens (including phenoxy) is 1. The first-order chi connectivity index (χ1) is 17.6. The van der Waals surface area contributed by atoms with E-state index >= 15 is 0 Å². The van der Waals surface area contributed by atoms with Gasteiger partial charge in [-0.25, -0.2) is 0 Å². The summed E-state index contributed by atoms with van der Waals surface area (Å²) in [6.07, 6.45) is 3.73. The highest BCUT2D eigenvalue weighted by molar-refractivity contribution is 5.94. The molecule has 2 heterocycles. The lowest BCUT2D eigenvalue weighted by Gasteiger charge is -2.12. The molecule has 0 radical (unpaired) electrons. The van der Waals surface area contributed by atoms with Crippen LogP contribution in [0.4, 0.5) is 0 Å². The second-order valence-electron chi connectivity index (χ2n) is 8.28. The standard InChI is InChI=1S/C28H25N5O3/c1-20-31-27(32-36-20)19-35-25-13-11-23(12-14-25)28(34)29-17-24-5-2-3-6-26(24)22-9-7-21(8-10-22)18-33-16-4-15-30-33/h2-16H,17-19H2,1H3,(H,29,34). The predicted molar refractivity (Wildman–Crippen MR) is 134 cm³/mol. The first kappa shape index (κ1) is 23.0. The monoisotopic (exact) mass is 479 g/mol. The van der Waals surface area contributed by atoms with Crippen LogP contribution in [0.25, 0.3) is 11.1 Å². The van der Waals surface area contributed by atoms with Crippen LogP contribution in [0.5, 0.6) is 5.75 Å². The van der Waals surface area contributed by atoms with Gasteiger partial charge >= 0.3 is 0 Å². The van der Waals surface area contributed by atoms with Crippen molar-refractivity contribution in [1.82, 2.24) is 25.2 Å².